The van der Waals surface area contributed by atoms with E-state index in [4.69, 9.17) is 4.98 Å². The third kappa shape index (κ3) is 8.59. The van der Waals surface area contributed by atoms with Gasteiger partial charge in [0, 0.05) is 29.7 Å². The van der Waals surface area contributed by atoms with Crippen LogP contribution in [0.2, 0.25) is 0 Å². The molecule has 2 N–H and O–H groups in total. The van der Waals surface area contributed by atoms with Gasteiger partial charge in [-0.3, -0.25) is 15.0 Å². The molecule has 0 unspecified atom stereocenters. The van der Waals surface area contributed by atoms with Crippen LogP contribution in [0.5, 0.6) is 0 Å². The molecule has 8 rings (SSSR count). The van der Waals surface area contributed by atoms with Gasteiger partial charge in [-0.2, -0.15) is 0 Å². The van der Waals surface area contributed by atoms with Crippen molar-refractivity contribution >= 4 is 11.9 Å². The average Bonchev–Trinajstić information content (AvgIpc) is 3.28. The van der Waals surface area contributed by atoms with Gasteiger partial charge >= 0.3 is 11.9 Å². The molecular weight excluding hydrogens is 723 g/mol. The Morgan fingerprint density at radius 2 is 0.879 bits per heavy atom. The summed E-state index contributed by atoms with van der Waals surface area (Å²) in [4.78, 5) is 44.5. The Labute approximate surface area is 335 Å². The number of benzene rings is 5. The van der Waals surface area contributed by atoms with Crippen LogP contribution in [0.25, 0.3) is 55.8 Å². The van der Waals surface area contributed by atoms with E-state index in [1.165, 1.54) is 24.8 Å². The molecule has 0 radical (unpaired) electrons. The summed E-state index contributed by atoms with van der Waals surface area (Å²) >= 11 is 0. The summed E-state index contributed by atoms with van der Waals surface area (Å²) in [6, 6.07) is 46.3. The van der Waals surface area contributed by atoms with E-state index in [1.807, 2.05) is 48.7 Å². The highest BCUT2D eigenvalue weighted by atomic mass is 16.4. The molecule has 0 atom stereocenters. The minimum absolute atomic E-state index is 0.0954. The smallest absolute Gasteiger partial charge is 0.356 e. The Balaban J connectivity index is 1.19. The van der Waals surface area contributed by atoms with E-state index in [9.17, 15) is 19.8 Å². The molecule has 3 aromatic heterocycles. The number of aromatic nitrogens is 5. The van der Waals surface area contributed by atoms with Crippen molar-refractivity contribution in [1.29, 1.82) is 0 Å². The third-order valence-corrected chi connectivity index (χ3v) is 10.0. The zero-order chi connectivity index (χ0) is 39.8. The molecule has 0 aliphatic rings. The second-order valence-electron chi connectivity index (χ2n) is 13.9. The first-order valence-electron chi connectivity index (χ1n) is 18.9. The number of carboxylic acids is 2. The van der Waals surface area contributed by atoms with Crippen molar-refractivity contribution in [2.24, 2.45) is 0 Å². The molecule has 282 valence electrons. The summed E-state index contributed by atoms with van der Waals surface area (Å²) in [5.74, 6) is -2.23. The highest BCUT2D eigenvalue weighted by molar-refractivity contribution is 5.93. The number of nitrogens with zero attached hydrogens (tertiary/aromatic N) is 5. The Morgan fingerprint density at radius 1 is 0.379 bits per heavy atom. The number of carboxylic acid groups (broad SMARTS) is 2. The summed E-state index contributed by atoms with van der Waals surface area (Å²) in [6.45, 7) is 0. The number of aryl methyl sites for hydroxylation is 4. The van der Waals surface area contributed by atoms with Crippen LogP contribution >= 0.6 is 0 Å². The van der Waals surface area contributed by atoms with Gasteiger partial charge in [0.05, 0.1) is 29.5 Å². The SMILES string of the molecule is O=C(O)c1cnc(CCc2cc(CCc3cnc(C(=O)O)cn3)cc(-c3ccccc3-c3cnc(-c4ccccc4)cc3-c3ccc(-c4ccccc4)cc3)c2)cn1. The van der Waals surface area contributed by atoms with Crippen LogP contribution in [0.15, 0.2) is 164 Å². The Bertz CT molecular complexity index is 2620. The lowest BCUT2D eigenvalue weighted by atomic mass is 9.87. The van der Waals surface area contributed by atoms with E-state index < -0.39 is 11.9 Å². The van der Waals surface area contributed by atoms with Crippen LogP contribution in [0, 0.1) is 0 Å². The number of hydrogen-bond acceptors (Lipinski definition) is 7. The predicted molar refractivity (Wildman–Crippen MR) is 224 cm³/mol. The largest absolute Gasteiger partial charge is 0.476 e. The normalized spacial score (nSPS) is 11.0. The van der Waals surface area contributed by atoms with Gasteiger partial charge in [-0.15, -0.1) is 0 Å². The molecule has 0 amide bonds. The van der Waals surface area contributed by atoms with Crippen molar-refractivity contribution in [2.75, 3.05) is 0 Å². The van der Waals surface area contributed by atoms with Crippen molar-refractivity contribution in [3.05, 3.63) is 198 Å². The molecule has 5 aromatic carbocycles. The van der Waals surface area contributed by atoms with Crippen LogP contribution in [0.1, 0.15) is 43.5 Å². The van der Waals surface area contributed by atoms with Crippen LogP contribution < -0.4 is 0 Å². The molecule has 0 aliphatic heterocycles. The zero-order valence-corrected chi connectivity index (χ0v) is 31.4. The van der Waals surface area contributed by atoms with Gasteiger partial charge in [-0.05, 0) is 81.8 Å². The van der Waals surface area contributed by atoms with E-state index in [0.29, 0.717) is 37.1 Å². The minimum atomic E-state index is -1.12. The lowest BCUT2D eigenvalue weighted by molar-refractivity contribution is 0.0679. The summed E-state index contributed by atoms with van der Waals surface area (Å²) < 4.78 is 0. The molecule has 0 bridgehead atoms. The molecule has 8 aromatic rings. The average molecular weight is 760 g/mol. The first-order valence-corrected chi connectivity index (χ1v) is 18.9. The Morgan fingerprint density at radius 3 is 1.41 bits per heavy atom. The van der Waals surface area contributed by atoms with Gasteiger partial charge in [-0.1, -0.05) is 127 Å². The first-order chi connectivity index (χ1) is 28.4. The molecule has 0 spiro atoms. The topological polar surface area (TPSA) is 139 Å². The van der Waals surface area contributed by atoms with Crippen molar-refractivity contribution in [3.63, 3.8) is 0 Å². The van der Waals surface area contributed by atoms with Crippen molar-refractivity contribution in [1.82, 2.24) is 24.9 Å². The van der Waals surface area contributed by atoms with Gasteiger partial charge in [-0.25, -0.2) is 19.6 Å². The number of carbonyl (C=O) groups is 2. The molecule has 9 nitrogen and oxygen atoms in total. The highest BCUT2D eigenvalue weighted by Gasteiger charge is 2.17. The predicted octanol–water partition coefficient (Wildman–Crippen LogP) is 9.96. The van der Waals surface area contributed by atoms with Gasteiger partial charge < -0.3 is 10.2 Å². The monoisotopic (exact) mass is 759 g/mol. The number of rotatable bonds is 13. The van der Waals surface area contributed by atoms with E-state index >= 15 is 0 Å². The third-order valence-electron chi connectivity index (χ3n) is 10.0. The summed E-state index contributed by atoms with van der Waals surface area (Å²) in [5.41, 5.74) is 13.8. The van der Waals surface area contributed by atoms with E-state index in [0.717, 1.165) is 66.9 Å². The van der Waals surface area contributed by atoms with E-state index in [-0.39, 0.29) is 11.4 Å². The highest BCUT2D eigenvalue weighted by Crippen LogP contribution is 2.40. The maximum Gasteiger partial charge on any atom is 0.356 e. The van der Waals surface area contributed by atoms with Crippen molar-refractivity contribution in [3.8, 4) is 55.8 Å². The number of aromatic carboxylic acids is 2. The molecule has 0 aliphatic carbocycles. The zero-order valence-electron chi connectivity index (χ0n) is 31.4. The summed E-state index contributed by atoms with van der Waals surface area (Å²) in [5, 5.41) is 18.6. The maximum absolute atomic E-state index is 11.4. The molecule has 0 saturated heterocycles. The molecule has 0 saturated carbocycles. The van der Waals surface area contributed by atoms with Crippen LogP contribution in [-0.4, -0.2) is 47.1 Å². The molecule has 0 fully saturated rings. The van der Waals surface area contributed by atoms with Crippen molar-refractivity contribution in [2.45, 2.75) is 25.7 Å². The fraction of sp³-hybridized carbons (Fsp3) is 0.0816. The van der Waals surface area contributed by atoms with Gasteiger partial charge in [0.1, 0.15) is 0 Å². The lowest BCUT2D eigenvalue weighted by Gasteiger charge is -2.17. The Hall–Kier alpha value is -7.65. The Kier molecular flexibility index (Phi) is 10.9. The number of hydrogen-bond donors (Lipinski definition) is 2. The molecule has 3 heterocycles. The summed E-state index contributed by atoms with van der Waals surface area (Å²) in [6.07, 6.45) is 10.00. The fourth-order valence-corrected chi connectivity index (χ4v) is 7.06. The van der Waals surface area contributed by atoms with Crippen molar-refractivity contribution < 1.29 is 19.8 Å². The van der Waals surface area contributed by atoms with Crippen LogP contribution in [0.3, 0.4) is 0 Å². The lowest BCUT2D eigenvalue weighted by Crippen LogP contribution is -2.04. The number of pyridine rings is 1. The summed E-state index contributed by atoms with van der Waals surface area (Å²) in [7, 11) is 0. The van der Waals surface area contributed by atoms with Crippen LogP contribution in [0.4, 0.5) is 0 Å². The molecule has 9 heteroatoms. The molecule has 58 heavy (non-hydrogen) atoms. The fourth-order valence-electron chi connectivity index (χ4n) is 7.06. The molecular formula is C49H37N5O4. The quantitative estimate of drug-likeness (QED) is 0.118. The van der Waals surface area contributed by atoms with E-state index in [1.54, 1.807) is 0 Å². The first kappa shape index (κ1) is 37.3. The van der Waals surface area contributed by atoms with Gasteiger partial charge in [0.15, 0.2) is 11.4 Å². The second-order valence-corrected chi connectivity index (χ2v) is 13.9. The maximum atomic E-state index is 11.4. The van der Waals surface area contributed by atoms with Gasteiger partial charge in [0.25, 0.3) is 0 Å². The van der Waals surface area contributed by atoms with Gasteiger partial charge in [0.2, 0.25) is 0 Å². The van der Waals surface area contributed by atoms with E-state index in [2.05, 4.69) is 111 Å². The standard InChI is InChI=1S/C49H37N5O4/c55-48(56)46-30-50-39(27-52-46)21-15-32-23-33(16-22-40-28-53-47(31-51-40)49(57)58)25-38(24-32)41-13-7-8-14-42(41)44-29-54-45(37-11-5-2-6-12-37)26-43(44)36-19-17-35(18-20-36)34-9-3-1-4-10-34/h1-14,17-20,23-31H,15-16,21-22H2,(H,55,56)(H,57,58). The minimum Gasteiger partial charge on any atom is -0.476 e. The second kappa shape index (κ2) is 17.0. The van der Waals surface area contributed by atoms with Crippen LogP contribution in [-0.2, 0) is 25.7 Å².